The molecule has 0 spiro atoms. The Morgan fingerprint density at radius 2 is 2.22 bits per heavy atom. The van der Waals surface area contributed by atoms with E-state index in [9.17, 15) is 4.79 Å². The molecule has 0 aromatic carbocycles. The lowest BCUT2D eigenvalue weighted by atomic mass is 10.2. The number of unbranched alkanes of at least 4 members (excludes halogenated alkanes) is 2. The number of carbonyl (C=O) groups is 1. The van der Waals surface area contributed by atoms with Crippen molar-refractivity contribution in [3.8, 4) is 0 Å². The number of amides is 1. The Morgan fingerprint density at radius 3 is 2.72 bits per heavy atom. The molecule has 6 heteroatoms. The monoisotopic (exact) mass is 253 g/mol. The van der Waals surface area contributed by atoms with Crippen molar-refractivity contribution in [2.24, 2.45) is 0 Å². The van der Waals surface area contributed by atoms with Crippen LogP contribution in [0.1, 0.15) is 40.0 Å². The van der Waals surface area contributed by atoms with E-state index in [4.69, 9.17) is 5.73 Å². The second kappa shape index (κ2) is 6.98. The number of nitrogens with two attached hydrogens (primary N) is 1. The van der Waals surface area contributed by atoms with Crippen LogP contribution < -0.4 is 5.73 Å². The maximum atomic E-state index is 12.2. The number of rotatable bonds is 7. The van der Waals surface area contributed by atoms with Crippen molar-refractivity contribution in [2.75, 3.05) is 12.3 Å². The number of hydrogen-bond acceptors (Lipinski definition) is 4. The molecule has 18 heavy (non-hydrogen) atoms. The molecule has 1 amide bonds. The van der Waals surface area contributed by atoms with Crippen LogP contribution in [0.4, 0.5) is 5.95 Å². The highest BCUT2D eigenvalue weighted by atomic mass is 16.2. The van der Waals surface area contributed by atoms with Crippen molar-refractivity contribution in [2.45, 2.75) is 52.6 Å². The minimum atomic E-state index is 0.0611. The molecule has 0 fully saturated rings. The first-order valence-electron chi connectivity index (χ1n) is 6.49. The van der Waals surface area contributed by atoms with Crippen LogP contribution in [0.15, 0.2) is 6.33 Å². The van der Waals surface area contributed by atoms with Gasteiger partial charge in [-0.2, -0.15) is 0 Å². The van der Waals surface area contributed by atoms with Crippen LogP contribution in [0.25, 0.3) is 0 Å². The van der Waals surface area contributed by atoms with Gasteiger partial charge in [0.15, 0.2) is 0 Å². The Bertz CT molecular complexity index is 374. The molecular formula is C12H23N5O. The lowest BCUT2D eigenvalue weighted by molar-refractivity contribution is -0.133. The summed E-state index contributed by atoms with van der Waals surface area (Å²) in [6.45, 7) is 7.21. The number of anilines is 1. The molecule has 2 N–H and O–H groups in total. The Balaban J connectivity index is 2.54. The van der Waals surface area contributed by atoms with Gasteiger partial charge in [0.05, 0.1) is 0 Å². The van der Waals surface area contributed by atoms with Gasteiger partial charge in [0.25, 0.3) is 0 Å². The normalized spacial score (nSPS) is 10.9. The zero-order valence-electron chi connectivity index (χ0n) is 11.5. The molecule has 0 atom stereocenters. The molecule has 0 aliphatic carbocycles. The molecular weight excluding hydrogens is 230 g/mol. The van der Waals surface area contributed by atoms with Crippen molar-refractivity contribution in [3.05, 3.63) is 6.33 Å². The second-order valence-electron chi connectivity index (χ2n) is 4.69. The fourth-order valence-corrected chi connectivity index (χ4v) is 1.82. The molecule has 0 bridgehead atoms. The highest BCUT2D eigenvalue weighted by Gasteiger charge is 2.17. The van der Waals surface area contributed by atoms with Crippen LogP contribution in [0.5, 0.6) is 0 Å². The van der Waals surface area contributed by atoms with E-state index < -0.39 is 0 Å². The molecule has 0 saturated heterocycles. The number of carbonyl (C=O) groups excluding carboxylic acids is 1. The number of aromatic nitrogens is 3. The average molecular weight is 253 g/mol. The zero-order chi connectivity index (χ0) is 13.5. The van der Waals surface area contributed by atoms with Crippen molar-refractivity contribution >= 4 is 11.9 Å². The molecule has 0 aliphatic rings. The Labute approximate surface area is 108 Å². The van der Waals surface area contributed by atoms with Gasteiger partial charge >= 0.3 is 0 Å². The fourth-order valence-electron chi connectivity index (χ4n) is 1.82. The Kier molecular flexibility index (Phi) is 5.61. The van der Waals surface area contributed by atoms with Crippen LogP contribution in [-0.2, 0) is 11.3 Å². The molecule has 1 aromatic heterocycles. The first kappa shape index (κ1) is 14.5. The van der Waals surface area contributed by atoms with E-state index in [0.29, 0.717) is 0 Å². The largest absolute Gasteiger partial charge is 0.367 e. The summed E-state index contributed by atoms with van der Waals surface area (Å²) in [6, 6.07) is 0.204. The van der Waals surface area contributed by atoms with E-state index in [2.05, 4.69) is 17.0 Å². The summed E-state index contributed by atoms with van der Waals surface area (Å²) < 4.78 is 1.48. The van der Waals surface area contributed by atoms with Crippen LogP contribution in [0.2, 0.25) is 0 Å². The minimum absolute atomic E-state index is 0.0611. The fraction of sp³-hybridized carbons (Fsp3) is 0.750. The van der Waals surface area contributed by atoms with Gasteiger partial charge in [-0.25, -0.2) is 9.67 Å². The Hall–Kier alpha value is -1.59. The summed E-state index contributed by atoms with van der Waals surface area (Å²) in [5.41, 5.74) is 5.42. The van der Waals surface area contributed by atoms with Crippen LogP contribution in [0, 0.1) is 0 Å². The molecule has 6 nitrogen and oxygen atoms in total. The first-order chi connectivity index (χ1) is 8.54. The van der Waals surface area contributed by atoms with Crippen molar-refractivity contribution in [1.82, 2.24) is 19.7 Å². The van der Waals surface area contributed by atoms with Crippen LogP contribution in [0.3, 0.4) is 0 Å². The molecule has 1 rings (SSSR count). The third kappa shape index (κ3) is 4.35. The Morgan fingerprint density at radius 1 is 1.50 bits per heavy atom. The standard InChI is InChI=1S/C12H23N5O/c1-4-5-6-7-17(10(2)3)11(18)8-16-9-14-12(13)15-16/h9-10H,4-8H2,1-3H3,(H2,13,15). The summed E-state index contributed by atoms with van der Waals surface area (Å²) in [7, 11) is 0. The number of nitrogen functional groups attached to an aromatic ring is 1. The molecule has 0 radical (unpaired) electrons. The molecule has 0 saturated carbocycles. The molecule has 0 unspecified atom stereocenters. The van der Waals surface area contributed by atoms with Gasteiger partial charge in [0.2, 0.25) is 11.9 Å². The summed E-state index contributed by atoms with van der Waals surface area (Å²) >= 11 is 0. The summed E-state index contributed by atoms with van der Waals surface area (Å²) in [5.74, 6) is 0.260. The van der Waals surface area contributed by atoms with Gasteiger partial charge < -0.3 is 10.6 Å². The lowest BCUT2D eigenvalue weighted by Gasteiger charge is -2.26. The van der Waals surface area contributed by atoms with E-state index in [1.165, 1.54) is 11.0 Å². The zero-order valence-corrected chi connectivity index (χ0v) is 11.5. The second-order valence-corrected chi connectivity index (χ2v) is 4.69. The SMILES string of the molecule is CCCCCN(C(=O)Cn1cnc(N)n1)C(C)C. The smallest absolute Gasteiger partial charge is 0.244 e. The van der Waals surface area contributed by atoms with Gasteiger partial charge in [-0.3, -0.25) is 4.79 Å². The minimum Gasteiger partial charge on any atom is -0.367 e. The maximum absolute atomic E-state index is 12.2. The summed E-state index contributed by atoms with van der Waals surface area (Å²) in [5, 5.41) is 3.92. The predicted octanol–water partition coefficient (Wildman–Crippen LogP) is 1.29. The van der Waals surface area contributed by atoms with Gasteiger partial charge in [0, 0.05) is 12.6 Å². The third-order valence-corrected chi connectivity index (χ3v) is 2.80. The van der Waals surface area contributed by atoms with Gasteiger partial charge in [-0.1, -0.05) is 19.8 Å². The van der Waals surface area contributed by atoms with Crippen molar-refractivity contribution in [3.63, 3.8) is 0 Å². The maximum Gasteiger partial charge on any atom is 0.244 e. The summed E-state index contributed by atoms with van der Waals surface area (Å²) in [4.78, 5) is 17.8. The highest BCUT2D eigenvalue weighted by molar-refractivity contribution is 5.76. The first-order valence-corrected chi connectivity index (χ1v) is 6.49. The molecule has 102 valence electrons. The van der Waals surface area contributed by atoms with Crippen molar-refractivity contribution in [1.29, 1.82) is 0 Å². The lowest BCUT2D eigenvalue weighted by Crippen LogP contribution is -2.39. The topological polar surface area (TPSA) is 77.0 Å². The number of hydrogen-bond donors (Lipinski definition) is 1. The molecule has 1 heterocycles. The highest BCUT2D eigenvalue weighted by Crippen LogP contribution is 2.05. The predicted molar refractivity (Wildman–Crippen MR) is 70.8 cm³/mol. The van der Waals surface area contributed by atoms with Crippen LogP contribution in [-0.4, -0.2) is 38.2 Å². The number of nitrogens with zero attached hydrogens (tertiary/aromatic N) is 4. The van der Waals surface area contributed by atoms with Gasteiger partial charge in [0.1, 0.15) is 12.9 Å². The van der Waals surface area contributed by atoms with E-state index in [-0.39, 0.29) is 24.4 Å². The quantitative estimate of drug-likeness (QED) is 0.743. The van der Waals surface area contributed by atoms with Crippen LogP contribution >= 0.6 is 0 Å². The molecule has 1 aromatic rings. The van der Waals surface area contributed by atoms with E-state index in [1.54, 1.807) is 0 Å². The summed E-state index contributed by atoms with van der Waals surface area (Å²) in [6.07, 6.45) is 4.82. The van der Waals surface area contributed by atoms with E-state index >= 15 is 0 Å². The van der Waals surface area contributed by atoms with E-state index in [0.717, 1.165) is 25.8 Å². The third-order valence-electron chi connectivity index (χ3n) is 2.80. The van der Waals surface area contributed by atoms with Crippen molar-refractivity contribution < 1.29 is 4.79 Å². The van der Waals surface area contributed by atoms with Gasteiger partial charge in [-0.05, 0) is 20.3 Å². The molecule has 0 aliphatic heterocycles. The van der Waals surface area contributed by atoms with E-state index in [1.807, 2.05) is 18.7 Å². The average Bonchev–Trinajstić information content (AvgIpc) is 2.69. The van der Waals surface area contributed by atoms with Gasteiger partial charge in [-0.15, -0.1) is 5.10 Å².